The molecule has 0 aliphatic rings. The summed E-state index contributed by atoms with van der Waals surface area (Å²) in [6.07, 6.45) is 3.08. The Morgan fingerprint density at radius 1 is 1.32 bits per heavy atom. The van der Waals surface area contributed by atoms with Gasteiger partial charge in [-0.25, -0.2) is 4.98 Å². The lowest BCUT2D eigenvalue weighted by Gasteiger charge is -2.26. The van der Waals surface area contributed by atoms with Crippen molar-refractivity contribution in [2.75, 3.05) is 32.2 Å². The van der Waals surface area contributed by atoms with E-state index in [1.165, 1.54) is 0 Å². The number of rotatable bonds is 10. The van der Waals surface area contributed by atoms with E-state index in [1.807, 2.05) is 13.8 Å². The van der Waals surface area contributed by atoms with Crippen LogP contribution in [0.25, 0.3) is 0 Å². The summed E-state index contributed by atoms with van der Waals surface area (Å²) in [6.45, 7) is 7.37. The first kappa shape index (κ1) is 18.4. The Balaban J connectivity index is 2.54. The molecule has 1 atom stereocenters. The number of amides is 1. The van der Waals surface area contributed by atoms with Gasteiger partial charge in [0.25, 0.3) is 5.91 Å². The molecule has 0 spiro atoms. The second-order valence-corrected chi connectivity index (χ2v) is 5.07. The van der Waals surface area contributed by atoms with Crippen molar-refractivity contribution in [2.24, 2.45) is 0 Å². The smallest absolute Gasteiger partial charge is 0.256 e. The van der Waals surface area contributed by atoms with Crippen LogP contribution in [0.15, 0.2) is 18.3 Å². The molecule has 0 aliphatic carbocycles. The van der Waals surface area contributed by atoms with Gasteiger partial charge in [-0.2, -0.15) is 0 Å². The summed E-state index contributed by atoms with van der Waals surface area (Å²) >= 11 is 0. The molecule has 0 bridgehead atoms. The fourth-order valence-corrected chi connectivity index (χ4v) is 1.94. The van der Waals surface area contributed by atoms with Crippen molar-refractivity contribution in [3.05, 3.63) is 18.3 Å². The van der Waals surface area contributed by atoms with Crippen molar-refractivity contribution in [2.45, 2.75) is 39.2 Å². The molecule has 0 fully saturated rings. The number of nitrogens with one attached hydrogen (secondary N) is 1. The summed E-state index contributed by atoms with van der Waals surface area (Å²) in [5.41, 5.74) is -0.219. The molecular weight excluding hydrogens is 284 g/mol. The van der Waals surface area contributed by atoms with E-state index >= 15 is 0 Å². The molecule has 22 heavy (non-hydrogen) atoms. The van der Waals surface area contributed by atoms with Crippen LogP contribution in [0.4, 0.5) is 5.69 Å². The van der Waals surface area contributed by atoms with Gasteiger partial charge in [-0.15, -0.1) is 0 Å². The van der Waals surface area contributed by atoms with Gasteiger partial charge in [0.15, 0.2) is 0 Å². The van der Waals surface area contributed by atoms with E-state index in [0.29, 0.717) is 37.8 Å². The number of nitrogens with zero attached hydrogens (tertiary/aromatic N) is 1. The lowest BCUT2D eigenvalue weighted by atomic mass is 9.99. The van der Waals surface area contributed by atoms with E-state index in [9.17, 15) is 4.79 Å². The van der Waals surface area contributed by atoms with Crippen molar-refractivity contribution in [3.8, 4) is 5.88 Å². The zero-order valence-corrected chi connectivity index (χ0v) is 13.8. The number of pyridine rings is 1. The van der Waals surface area contributed by atoms with E-state index in [-0.39, 0.29) is 5.91 Å². The predicted octanol–water partition coefficient (Wildman–Crippen LogP) is 2.64. The number of ether oxygens (including phenoxy) is 3. The molecule has 6 heteroatoms. The van der Waals surface area contributed by atoms with Crippen molar-refractivity contribution >= 4 is 11.6 Å². The first-order valence-corrected chi connectivity index (χ1v) is 7.59. The topological polar surface area (TPSA) is 69.7 Å². The monoisotopic (exact) mass is 310 g/mol. The van der Waals surface area contributed by atoms with Gasteiger partial charge in [-0.3, -0.25) is 4.79 Å². The molecule has 0 saturated carbocycles. The average Bonchev–Trinajstić information content (AvgIpc) is 2.53. The van der Waals surface area contributed by atoms with Crippen LogP contribution in [-0.4, -0.2) is 43.4 Å². The largest absolute Gasteiger partial charge is 0.475 e. The molecule has 0 aliphatic heterocycles. The predicted molar refractivity (Wildman–Crippen MR) is 85.2 cm³/mol. The van der Waals surface area contributed by atoms with E-state index in [2.05, 4.69) is 10.3 Å². The molecule has 0 saturated heterocycles. The molecule has 0 radical (unpaired) electrons. The first-order chi connectivity index (χ1) is 10.6. The van der Waals surface area contributed by atoms with E-state index < -0.39 is 5.60 Å². The van der Waals surface area contributed by atoms with Gasteiger partial charge >= 0.3 is 0 Å². The minimum absolute atomic E-state index is 0.177. The molecule has 1 aromatic heterocycles. The van der Waals surface area contributed by atoms with Gasteiger partial charge in [0.05, 0.1) is 18.5 Å². The molecule has 0 aromatic carbocycles. The van der Waals surface area contributed by atoms with Gasteiger partial charge in [0, 0.05) is 19.8 Å². The van der Waals surface area contributed by atoms with Crippen LogP contribution in [-0.2, 0) is 14.3 Å². The maximum absolute atomic E-state index is 12.3. The summed E-state index contributed by atoms with van der Waals surface area (Å²) in [5, 5.41) is 2.82. The Bertz CT molecular complexity index is 450. The Morgan fingerprint density at radius 2 is 2.09 bits per heavy atom. The van der Waals surface area contributed by atoms with E-state index in [1.54, 1.807) is 32.4 Å². The molecule has 0 unspecified atom stereocenters. The summed E-state index contributed by atoms with van der Waals surface area (Å²) in [6, 6.07) is 3.47. The number of carbonyl (C=O) groups is 1. The second kappa shape index (κ2) is 9.38. The summed E-state index contributed by atoms with van der Waals surface area (Å²) in [4.78, 5) is 16.4. The third kappa shape index (κ3) is 5.61. The Hall–Kier alpha value is -1.66. The molecule has 1 aromatic rings. The van der Waals surface area contributed by atoms with Crippen molar-refractivity contribution in [1.29, 1.82) is 0 Å². The number of methoxy groups -OCH3 is 1. The van der Waals surface area contributed by atoms with Gasteiger partial charge in [0.1, 0.15) is 12.2 Å². The maximum Gasteiger partial charge on any atom is 0.256 e. The number of hydrogen-bond acceptors (Lipinski definition) is 5. The second-order valence-electron chi connectivity index (χ2n) is 5.07. The Morgan fingerprint density at radius 3 is 2.64 bits per heavy atom. The molecule has 1 N–H and O–H groups in total. The van der Waals surface area contributed by atoms with Crippen LogP contribution in [0.5, 0.6) is 5.88 Å². The Labute approximate surface area is 132 Å². The molecule has 124 valence electrons. The molecule has 1 rings (SSSR count). The van der Waals surface area contributed by atoms with E-state index in [0.717, 1.165) is 6.42 Å². The molecule has 1 heterocycles. The van der Waals surface area contributed by atoms with Crippen molar-refractivity contribution in [3.63, 3.8) is 0 Å². The lowest BCUT2D eigenvalue weighted by Crippen LogP contribution is -2.41. The van der Waals surface area contributed by atoms with Gasteiger partial charge < -0.3 is 19.5 Å². The zero-order chi connectivity index (χ0) is 16.4. The summed E-state index contributed by atoms with van der Waals surface area (Å²) in [7, 11) is 1.54. The van der Waals surface area contributed by atoms with Crippen LogP contribution < -0.4 is 10.1 Å². The highest BCUT2D eigenvalue weighted by Crippen LogP contribution is 2.20. The first-order valence-electron chi connectivity index (χ1n) is 7.59. The normalized spacial score (nSPS) is 13.5. The third-order valence-electron chi connectivity index (χ3n) is 3.33. The standard InChI is InChI=1S/C16H26N2O4/c1-5-9-16(3,20-4)15(19)18-13-7-8-14(17-12-13)22-11-10-21-6-2/h7-8,12H,5-6,9-11H2,1-4H3,(H,18,19)/t16-/m0/s1. The SMILES string of the molecule is CCC[C@](C)(OC)C(=O)Nc1ccc(OCCOCC)nc1. The van der Waals surface area contributed by atoms with Crippen LogP contribution in [0.2, 0.25) is 0 Å². The third-order valence-corrected chi connectivity index (χ3v) is 3.33. The highest BCUT2D eigenvalue weighted by atomic mass is 16.5. The fraction of sp³-hybridized carbons (Fsp3) is 0.625. The van der Waals surface area contributed by atoms with Gasteiger partial charge in [-0.1, -0.05) is 13.3 Å². The minimum Gasteiger partial charge on any atom is -0.475 e. The molecule has 1 amide bonds. The van der Waals surface area contributed by atoms with Crippen LogP contribution in [0, 0.1) is 0 Å². The number of carbonyl (C=O) groups excluding carboxylic acids is 1. The number of anilines is 1. The lowest BCUT2D eigenvalue weighted by molar-refractivity contribution is -0.136. The van der Waals surface area contributed by atoms with Crippen LogP contribution >= 0.6 is 0 Å². The van der Waals surface area contributed by atoms with Crippen LogP contribution in [0.1, 0.15) is 33.6 Å². The summed E-state index contributed by atoms with van der Waals surface area (Å²) < 4.78 is 15.9. The maximum atomic E-state index is 12.3. The van der Waals surface area contributed by atoms with Crippen molar-refractivity contribution < 1.29 is 19.0 Å². The molecule has 6 nitrogen and oxygen atoms in total. The quantitative estimate of drug-likeness (QED) is 0.673. The van der Waals surface area contributed by atoms with Gasteiger partial charge in [0.2, 0.25) is 5.88 Å². The number of aromatic nitrogens is 1. The fourth-order valence-electron chi connectivity index (χ4n) is 1.94. The zero-order valence-electron chi connectivity index (χ0n) is 13.8. The number of hydrogen-bond donors (Lipinski definition) is 1. The van der Waals surface area contributed by atoms with Crippen molar-refractivity contribution in [1.82, 2.24) is 4.98 Å². The van der Waals surface area contributed by atoms with Gasteiger partial charge in [-0.05, 0) is 26.3 Å². The van der Waals surface area contributed by atoms with Crippen LogP contribution in [0.3, 0.4) is 0 Å². The molecular formula is C16H26N2O4. The minimum atomic E-state index is -0.832. The van der Waals surface area contributed by atoms with E-state index in [4.69, 9.17) is 14.2 Å². The highest BCUT2D eigenvalue weighted by Gasteiger charge is 2.32. The average molecular weight is 310 g/mol. The highest BCUT2D eigenvalue weighted by molar-refractivity contribution is 5.96. The summed E-state index contributed by atoms with van der Waals surface area (Å²) in [5.74, 6) is 0.324. The Kier molecular flexibility index (Phi) is 7.84.